The predicted octanol–water partition coefficient (Wildman–Crippen LogP) is 3.61. The number of pyridine rings is 1. The molecule has 1 unspecified atom stereocenters. The van der Waals surface area contributed by atoms with E-state index >= 15 is 0 Å². The molecule has 1 aromatic rings. The Morgan fingerprint density at radius 3 is 2.56 bits per heavy atom. The van der Waals surface area contributed by atoms with Gasteiger partial charge in [-0.05, 0) is 31.7 Å². The largest absolute Gasteiger partial charge is 0.417 e. The zero-order valence-electron chi connectivity index (χ0n) is 15.1. The molecule has 0 radical (unpaired) electrons. The first-order valence-corrected chi connectivity index (χ1v) is 9.46. The first-order valence-electron chi connectivity index (χ1n) is 9.09. The van der Waals surface area contributed by atoms with Crippen molar-refractivity contribution in [1.82, 2.24) is 9.88 Å². The average Bonchev–Trinajstić information content (AvgIpc) is 2.67. The van der Waals surface area contributed by atoms with Gasteiger partial charge in [0, 0.05) is 45.4 Å². The summed E-state index contributed by atoms with van der Waals surface area (Å²) in [4.78, 5) is 20.4. The Morgan fingerprint density at radius 1 is 1.26 bits per heavy atom. The molecule has 1 aromatic heterocycles. The van der Waals surface area contributed by atoms with Gasteiger partial charge < -0.3 is 14.5 Å². The van der Waals surface area contributed by atoms with Gasteiger partial charge >= 0.3 is 6.18 Å². The number of alkyl halides is 3. The maximum Gasteiger partial charge on any atom is 0.417 e. The number of amides is 1. The first kappa shape index (κ1) is 20.2. The highest BCUT2D eigenvalue weighted by Gasteiger charge is 2.34. The summed E-state index contributed by atoms with van der Waals surface area (Å²) in [5.74, 6) is 0.404. The van der Waals surface area contributed by atoms with E-state index in [4.69, 9.17) is 16.3 Å². The summed E-state index contributed by atoms with van der Waals surface area (Å²) in [6.07, 6.45) is -0.402. The second-order valence-electron chi connectivity index (χ2n) is 7.07. The standard InChI is InChI=1S/C18H23ClF3N3O2/c1-27-14-3-2-6-25(11-14)17(26)12-4-7-24(8-5-12)16-15(19)9-13(10-23-16)18(20,21)22/h9-10,12,14H,2-8,11H2,1H3. The number of hydrogen-bond acceptors (Lipinski definition) is 4. The van der Waals surface area contributed by atoms with Crippen molar-refractivity contribution >= 4 is 23.3 Å². The minimum Gasteiger partial charge on any atom is -0.380 e. The second kappa shape index (κ2) is 8.22. The van der Waals surface area contributed by atoms with Crippen LogP contribution < -0.4 is 4.90 Å². The number of rotatable bonds is 3. The number of aromatic nitrogens is 1. The van der Waals surface area contributed by atoms with Crippen LogP contribution in [-0.2, 0) is 15.7 Å². The van der Waals surface area contributed by atoms with Crippen molar-refractivity contribution in [3.63, 3.8) is 0 Å². The van der Waals surface area contributed by atoms with Crippen molar-refractivity contribution in [2.45, 2.75) is 38.0 Å². The van der Waals surface area contributed by atoms with Crippen molar-refractivity contribution in [3.8, 4) is 0 Å². The van der Waals surface area contributed by atoms with E-state index in [0.717, 1.165) is 31.6 Å². The topological polar surface area (TPSA) is 45.7 Å². The normalized spacial score (nSPS) is 22.2. The Kier molecular flexibility index (Phi) is 6.15. The van der Waals surface area contributed by atoms with Gasteiger partial charge in [0.05, 0.1) is 16.7 Å². The van der Waals surface area contributed by atoms with Gasteiger partial charge in [0.2, 0.25) is 5.91 Å². The van der Waals surface area contributed by atoms with Crippen molar-refractivity contribution in [2.24, 2.45) is 5.92 Å². The van der Waals surface area contributed by atoms with Gasteiger partial charge in [-0.3, -0.25) is 4.79 Å². The van der Waals surface area contributed by atoms with Crippen LogP contribution in [0.2, 0.25) is 5.02 Å². The molecule has 5 nitrogen and oxygen atoms in total. The Hall–Kier alpha value is -1.54. The van der Waals surface area contributed by atoms with E-state index < -0.39 is 11.7 Å². The van der Waals surface area contributed by atoms with Crippen LogP contribution in [-0.4, -0.2) is 55.2 Å². The summed E-state index contributed by atoms with van der Waals surface area (Å²) < 4.78 is 43.6. The number of carbonyl (C=O) groups excluding carboxylic acids is 1. The number of anilines is 1. The smallest absolute Gasteiger partial charge is 0.380 e. The monoisotopic (exact) mass is 405 g/mol. The molecular weight excluding hydrogens is 383 g/mol. The van der Waals surface area contributed by atoms with E-state index in [-0.39, 0.29) is 23.0 Å². The number of piperidine rings is 2. The summed E-state index contributed by atoms with van der Waals surface area (Å²) in [7, 11) is 1.66. The van der Waals surface area contributed by atoms with Gasteiger partial charge in [-0.2, -0.15) is 13.2 Å². The van der Waals surface area contributed by atoms with Crippen LogP contribution in [0, 0.1) is 5.92 Å². The highest BCUT2D eigenvalue weighted by Crippen LogP contribution is 2.35. The molecule has 150 valence electrons. The fourth-order valence-electron chi connectivity index (χ4n) is 3.75. The number of nitrogens with zero attached hydrogens (tertiary/aromatic N) is 3. The minimum absolute atomic E-state index is 0.0198. The molecule has 1 atom stereocenters. The summed E-state index contributed by atoms with van der Waals surface area (Å²) >= 11 is 6.03. The fraction of sp³-hybridized carbons (Fsp3) is 0.667. The number of hydrogen-bond donors (Lipinski definition) is 0. The van der Waals surface area contributed by atoms with E-state index in [9.17, 15) is 18.0 Å². The second-order valence-corrected chi connectivity index (χ2v) is 7.48. The number of halogens is 4. The molecule has 0 N–H and O–H groups in total. The van der Waals surface area contributed by atoms with E-state index in [0.29, 0.717) is 38.3 Å². The van der Waals surface area contributed by atoms with Crippen molar-refractivity contribution in [2.75, 3.05) is 38.2 Å². The van der Waals surface area contributed by atoms with Crippen LogP contribution in [0.25, 0.3) is 0 Å². The molecule has 9 heteroatoms. The third-order valence-electron chi connectivity index (χ3n) is 5.32. The molecule has 0 aliphatic carbocycles. The average molecular weight is 406 g/mol. The van der Waals surface area contributed by atoms with E-state index in [1.807, 2.05) is 9.80 Å². The fourth-order valence-corrected chi connectivity index (χ4v) is 4.03. The van der Waals surface area contributed by atoms with Crippen LogP contribution in [0.4, 0.5) is 19.0 Å². The summed E-state index contributed by atoms with van der Waals surface area (Å²) in [5, 5.41) is -0.0198. The molecule has 1 amide bonds. The highest BCUT2D eigenvalue weighted by atomic mass is 35.5. The van der Waals surface area contributed by atoms with Gasteiger partial charge in [-0.1, -0.05) is 11.6 Å². The third-order valence-corrected chi connectivity index (χ3v) is 5.59. The molecule has 0 spiro atoms. The van der Waals surface area contributed by atoms with Gasteiger partial charge in [0.1, 0.15) is 5.82 Å². The molecule has 2 saturated heterocycles. The number of carbonyl (C=O) groups is 1. The molecule has 0 aromatic carbocycles. The van der Waals surface area contributed by atoms with Gasteiger partial charge in [0.25, 0.3) is 0 Å². The molecule has 2 aliphatic rings. The van der Waals surface area contributed by atoms with Crippen molar-refractivity contribution in [1.29, 1.82) is 0 Å². The third kappa shape index (κ3) is 4.66. The Morgan fingerprint density at radius 2 is 1.96 bits per heavy atom. The molecular formula is C18H23ClF3N3O2. The van der Waals surface area contributed by atoms with Crippen LogP contribution in [0.3, 0.4) is 0 Å². The summed E-state index contributed by atoms with van der Waals surface area (Å²) in [5.41, 5.74) is -0.862. The van der Waals surface area contributed by atoms with Crippen LogP contribution in [0.5, 0.6) is 0 Å². The van der Waals surface area contributed by atoms with Gasteiger partial charge in [-0.25, -0.2) is 4.98 Å². The molecule has 2 fully saturated rings. The molecule has 27 heavy (non-hydrogen) atoms. The first-order chi connectivity index (χ1) is 12.8. The Bertz CT molecular complexity index is 678. The van der Waals surface area contributed by atoms with E-state index in [1.165, 1.54) is 0 Å². The lowest BCUT2D eigenvalue weighted by molar-refractivity contribution is -0.140. The zero-order chi connectivity index (χ0) is 19.6. The highest BCUT2D eigenvalue weighted by molar-refractivity contribution is 6.33. The SMILES string of the molecule is COC1CCCN(C(=O)C2CCN(c3ncc(C(F)(F)F)cc3Cl)CC2)C1. The van der Waals surface area contributed by atoms with Gasteiger partial charge in [-0.15, -0.1) is 0 Å². The lowest BCUT2D eigenvalue weighted by atomic mass is 9.94. The number of methoxy groups -OCH3 is 1. The maximum atomic E-state index is 12.8. The Labute approximate surface area is 161 Å². The number of ether oxygens (including phenoxy) is 1. The zero-order valence-corrected chi connectivity index (χ0v) is 15.9. The molecule has 0 bridgehead atoms. The van der Waals surface area contributed by atoms with E-state index in [1.54, 1.807) is 7.11 Å². The quantitative estimate of drug-likeness (QED) is 0.770. The molecule has 0 saturated carbocycles. The number of likely N-dealkylation sites (tertiary alicyclic amines) is 1. The molecule has 3 heterocycles. The Balaban J connectivity index is 1.59. The van der Waals surface area contributed by atoms with Crippen molar-refractivity contribution < 1.29 is 22.7 Å². The van der Waals surface area contributed by atoms with Gasteiger partial charge in [0.15, 0.2) is 0 Å². The maximum absolute atomic E-state index is 12.8. The lowest BCUT2D eigenvalue weighted by Gasteiger charge is -2.38. The predicted molar refractivity (Wildman–Crippen MR) is 95.8 cm³/mol. The molecule has 3 rings (SSSR count). The van der Waals surface area contributed by atoms with Crippen molar-refractivity contribution in [3.05, 3.63) is 22.8 Å². The minimum atomic E-state index is -4.47. The van der Waals surface area contributed by atoms with Crippen LogP contribution >= 0.6 is 11.6 Å². The summed E-state index contributed by atoms with van der Waals surface area (Å²) in [6, 6.07) is 0.903. The van der Waals surface area contributed by atoms with E-state index in [2.05, 4.69) is 4.98 Å². The van der Waals surface area contributed by atoms with Crippen LogP contribution in [0.1, 0.15) is 31.2 Å². The lowest BCUT2D eigenvalue weighted by Crippen LogP contribution is -2.48. The molecule has 2 aliphatic heterocycles. The summed E-state index contributed by atoms with van der Waals surface area (Å²) in [6.45, 7) is 2.46. The van der Waals surface area contributed by atoms with Crippen LogP contribution in [0.15, 0.2) is 12.3 Å².